The molecule has 0 saturated heterocycles. The van der Waals surface area contributed by atoms with E-state index in [2.05, 4.69) is 10.4 Å². The molecule has 0 radical (unpaired) electrons. The molecule has 3 N–H and O–H groups in total. The molecule has 0 saturated carbocycles. The molecule has 2 atom stereocenters. The van der Waals surface area contributed by atoms with Gasteiger partial charge in [0.1, 0.15) is 0 Å². The Hall–Kier alpha value is -1.90. The van der Waals surface area contributed by atoms with Gasteiger partial charge in [0.15, 0.2) is 0 Å². The summed E-state index contributed by atoms with van der Waals surface area (Å²) in [4.78, 5) is 0. The first kappa shape index (κ1) is 20.4. The van der Waals surface area contributed by atoms with E-state index in [1.165, 1.54) is 12.1 Å². The molecule has 26 heavy (non-hydrogen) atoms. The highest BCUT2D eigenvalue weighted by Gasteiger charge is 2.30. The van der Waals surface area contributed by atoms with Gasteiger partial charge in [-0.05, 0) is 38.0 Å². The molecule has 5 nitrogen and oxygen atoms in total. The number of benzene rings is 1. The predicted octanol–water partition coefficient (Wildman–Crippen LogP) is 2.28. The fraction of sp³-hybridized carbons (Fsp3) is 0.500. The van der Waals surface area contributed by atoms with Crippen LogP contribution in [-0.2, 0) is 19.6 Å². The van der Waals surface area contributed by atoms with E-state index in [1.807, 2.05) is 13.8 Å². The molecule has 0 fully saturated rings. The van der Waals surface area contributed by atoms with Gasteiger partial charge in [-0.1, -0.05) is 12.1 Å². The van der Waals surface area contributed by atoms with Crippen LogP contribution < -0.4 is 5.32 Å². The minimum atomic E-state index is -4.36. The molecule has 0 amide bonds. The third-order valence-electron chi connectivity index (χ3n) is 4.37. The van der Waals surface area contributed by atoms with Gasteiger partial charge in [-0.25, -0.2) is 0 Å². The number of nitrogens with zero attached hydrogens (tertiary/aromatic N) is 2. The highest BCUT2D eigenvalue weighted by Crippen LogP contribution is 2.29. The monoisotopic (exact) mass is 371 g/mol. The average molecular weight is 371 g/mol. The Morgan fingerprint density at radius 2 is 1.73 bits per heavy atom. The summed E-state index contributed by atoms with van der Waals surface area (Å²) < 4.78 is 39.3. The molecule has 2 rings (SSSR count). The Labute approximate surface area is 150 Å². The molecule has 144 valence electrons. The number of halogens is 3. The van der Waals surface area contributed by atoms with E-state index in [9.17, 15) is 23.4 Å². The first-order chi connectivity index (χ1) is 12.1. The molecule has 0 bridgehead atoms. The second kappa shape index (κ2) is 8.20. The van der Waals surface area contributed by atoms with Crippen LogP contribution in [0.25, 0.3) is 0 Å². The van der Waals surface area contributed by atoms with Gasteiger partial charge in [0, 0.05) is 31.4 Å². The normalized spacial score (nSPS) is 14.5. The van der Waals surface area contributed by atoms with Gasteiger partial charge in [0.05, 0.1) is 23.5 Å². The minimum absolute atomic E-state index is 0.219. The number of nitrogens with one attached hydrogen (secondary N) is 1. The van der Waals surface area contributed by atoms with Crippen LogP contribution in [0.1, 0.15) is 34.2 Å². The van der Waals surface area contributed by atoms with Crippen LogP contribution in [0, 0.1) is 13.8 Å². The molecule has 1 heterocycles. The van der Waals surface area contributed by atoms with Gasteiger partial charge in [0.2, 0.25) is 0 Å². The zero-order valence-electron chi connectivity index (χ0n) is 15.0. The quantitative estimate of drug-likeness (QED) is 0.698. The summed E-state index contributed by atoms with van der Waals surface area (Å²) in [5.74, 6) is 0. The van der Waals surface area contributed by atoms with E-state index in [1.54, 1.807) is 11.7 Å². The minimum Gasteiger partial charge on any atom is -0.391 e. The number of rotatable bonds is 7. The lowest BCUT2D eigenvalue weighted by Gasteiger charge is -2.16. The molecule has 0 aliphatic rings. The number of alkyl halides is 3. The summed E-state index contributed by atoms with van der Waals surface area (Å²) in [5, 5.41) is 27.6. The van der Waals surface area contributed by atoms with Crippen LogP contribution in [0.4, 0.5) is 13.2 Å². The summed E-state index contributed by atoms with van der Waals surface area (Å²) in [6.45, 7) is 4.16. The number of aryl methyl sites for hydroxylation is 2. The first-order valence-electron chi connectivity index (χ1n) is 8.32. The van der Waals surface area contributed by atoms with Crippen molar-refractivity contribution in [1.29, 1.82) is 0 Å². The number of hydrogen-bond donors (Lipinski definition) is 3. The standard InChI is InChI=1S/C18H24F3N3O2/c1-11-17(12(2)24(3)23-11)16(26)10-22-9-15(25)8-13-4-6-14(7-5-13)18(19,20)21/h4-7,15-16,22,25-26H,8-10H2,1-3H3. The molecule has 2 aromatic rings. The van der Waals surface area contributed by atoms with Crippen molar-refractivity contribution in [1.82, 2.24) is 15.1 Å². The smallest absolute Gasteiger partial charge is 0.391 e. The summed E-state index contributed by atoms with van der Waals surface area (Å²) in [5.41, 5.74) is 2.30. The van der Waals surface area contributed by atoms with Crippen molar-refractivity contribution in [2.24, 2.45) is 7.05 Å². The third kappa shape index (κ3) is 5.06. The lowest BCUT2D eigenvalue weighted by Crippen LogP contribution is -2.31. The largest absolute Gasteiger partial charge is 0.416 e. The summed E-state index contributed by atoms with van der Waals surface area (Å²) in [6.07, 6.45) is -5.65. The van der Waals surface area contributed by atoms with E-state index in [4.69, 9.17) is 0 Å². The van der Waals surface area contributed by atoms with Gasteiger partial charge in [0.25, 0.3) is 0 Å². The zero-order valence-corrected chi connectivity index (χ0v) is 15.0. The van der Waals surface area contributed by atoms with Crippen molar-refractivity contribution in [3.8, 4) is 0 Å². The SMILES string of the molecule is Cc1nn(C)c(C)c1C(O)CNCC(O)Cc1ccc(C(F)(F)F)cc1. The molecule has 0 aliphatic heterocycles. The maximum absolute atomic E-state index is 12.5. The molecular formula is C18H24F3N3O2. The van der Waals surface area contributed by atoms with Crippen LogP contribution >= 0.6 is 0 Å². The van der Waals surface area contributed by atoms with E-state index >= 15 is 0 Å². The summed E-state index contributed by atoms with van der Waals surface area (Å²) in [6, 6.07) is 4.74. The van der Waals surface area contributed by atoms with Crippen molar-refractivity contribution < 1.29 is 23.4 Å². The van der Waals surface area contributed by atoms with Gasteiger partial charge >= 0.3 is 6.18 Å². The van der Waals surface area contributed by atoms with Crippen molar-refractivity contribution in [3.63, 3.8) is 0 Å². The van der Waals surface area contributed by atoms with Crippen molar-refractivity contribution >= 4 is 0 Å². The number of aliphatic hydroxyl groups excluding tert-OH is 2. The van der Waals surface area contributed by atoms with E-state index in [-0.39, 0.29) is 19.5 Å². The van der Waals surface area contributed by atoms with E-state index in [0.717, 1.165) is 29.1 Å². The summed E-state index contributed by atoms with van der Waals surface area (Å²) in [7, 11) is 1.81. The number of aromatic nitrogens is 2. The lowest BCUT2D eigenvalue weighted by molar-refractivity contribution is -0.137. The Morgan fingerprint density at radius 3 is 2.23 bits per heavy atom. The van der Waals surface area contributed by atoms with E-state index < -0.39 is 23.9 Å². The maximum Gasteiger partial charge on any atom is 0.416 e. The van der Waals surface area contributed by atoms with Gasteiger partial charge in [-0.3, -0.25) is 4.68 Å². The van der Waals surface area contributed by atoms with E-state index in [0.29, 0.717) is 5.56 Å². The van der Waals surface area contributed by atoms with Crippen molar-refractivity contribution in [3.05, 3.63) is 52.3 Å². The maximum atomic E-state index is 12.5. The molecule has 0 spiro atoms. The number of hydrogen-bond acceptors (Lipinski definition) is 4. The molecule has 1 aromatic heterocycles. The Bertz CT molecular complexity index is 727. The van der Waals surface area contributed by atoms with Crippen LogP contribution in [0.15, 0.2) is 24.3 Å². The summed E-state index contributed by atoms with van der Waals surface area (Å²) >= 11 is 0. The van der Waals surface area contributed by atoms with Crippen molar-refractivity contribution in [2.45, 2.75) is 38.7 Å². The lowest BCUT2D eigenvalue weighted by atomic mass is 10.0. The highest BCUT2D eigenvalue weighted by molar-refractivity contribution is 5.27. The van der Waals surface area contributed by atoms with Crippen LogP contribution in [0.5, 0.6) is 0 Å². The van der Waals surface area contributed by atoms with Gasteiger partial charge < -0.3 is 15.5 Å². The molecule has 8 heteroatoms. The van der Waals surface area contributed by atoms with Gasteiger partial charge in [-0.15, -0.1) is 0 Å². The van der Waals surface area contributed by atoms with Crippen molar-refractivity contribution in [2.75, 3.05) is 13.1 Å². The molecular weight excluding hydrogens is 347 g/mol. The fourth-order valence-corrected chi connectivity index (χ4v) is 2.94. The molecule has 0 aliphatic carbocycles. The Kier molecular flexibility index (Phi) is 6.44. The third-order valence-corrected chi connectivity index (χ3v) is 4.37. The average Bonchev–Trinajstić information content (AvgIpc) is 2.79. The second-order valence-electron chi connectivity index (χ2n) is 6.43. The molecule has 1 aromatic carbocycles. The van der Waals surface area contributed by atoms with Crippen LogP contribution in [0.3, 0.4) is 0 Å². The topological polar surface area (TPSA) is 70.3 Å². The zero-order chi connectivity index (χ0) is 19.5. The molecule has 2 unspecified atom stereocenters. The fourth-order valence-electron chi connectivity index (χ4n) is 2.94. The highest BCUT2D eigenvalue weighted by atomic mass is 19.4. The van der Waals surface area contributed by atoms with Crippen LogP contribution in [-0.4, -0.2) is 39.2 Å². The van der Waals surface area contributed by atoms with Crippen LogP contribution in [0.2, 0.25) is 0 Å². The predicted molar refractivity (Wildman–Crippen MR) is 91.7 cm³/mol. The Balaban J connectivity index is 1.82. The second-order valence-corrected chi connectivity index (χ2v) is 6.43. The Morgan fingerprint density at radius 1 is 1.12 bits per heavy atom. The first-order valence-corrected chi connectivity index (χ1v) is 8.32. The van der Waals surface area contributed by atoms with Gasteiger partial charge in [-0.2, -0.15) is 18.3 Å². The number of aliphatic hydroxyl groups is 2.